The largest absolute Gasteiger partial charge is 0.485 e. The van der Waals surface area contributed by atoms with Gasteiger partial charge in [0.25, 0.3) is 10.0 Å². The van der Waals surface area contributed by atoms with Gasteiger partial charge in [-0.25, -0.2) is 8.42 Å². The molecular formula is C22H27N3O5S. The Morgan fingerprint density at radius 3 is 2.58 bits per heavy atom. The number of carbonyl (C=O) groups is 1. The van der Waals surface area contributed by atoms with Crippen LogP contribution in [0.15, 0.2) is 47.6 Å². The van der Waals surface area contributed by atoms with Gasteiger partial charge in [-0.2, -0.15) is 0 Å². The quantitative estimate of drug-likeness (QED) is 0.776. The molecule has 0 spiro atoms. The van der Waals surface area contributed by atoms with E-state index in [0.29, 0.717) is 30.0 Å². The van der Waals surface area contributed by atoms with Crippen LogP contribution in [0.2, 0.25) is 0 Å². The van der Waals surface area contributed by atoms with Crippen LogP contribution in [0.4, 0.5) is 5.69 Å². The number of sulfonamides is 1. The first kappa shape index (κ1) is 21.6. The predicted molar refractivity (Wildman–Crippen MR) is 115 cm³/mol. The minimum Gasteiger partial charge on any atom is -0.485 e. The van der Waals surface area contributed by atoms with Crippen LogP contribution in [0.1, 0.15) is 44.7 Å². The summed E-state index contributed by atoms with van der Waals surface area (Å²) in [6.45, 7) is 4.05. The van der Waals surface area contributed by atoms with Gasteiger partial charge in [-0.05, 0) is 57.0 Å². The van der Waals surface area contributed by atoms with Crippen LogP contribution >= 0.6 is 0 Å². The van der Waals surface area contributed by atoms with Crippen LogP contribution in [0, 0.1) is 0 Å². The monoisotopic (exact) mass is 445 g/mol. The summed E-state index contributed by atoms with van der Waals surface area (Å²) < 4.78 is 33.8. The third-order valence-corrected chi connectivity index (χ3v) is 7.85. The normalized spacial score (nSPS) is 23.1. The molecule has 1 amide bonds. The van der Waals surface area contributed by atoms with E-state index in [1.165, 1.54) is 35.9 Å². The number of piperidine rings is 1. The van der Waals surface area contributed by atoms with E-state index < -0.39 is 27.8 Å². The van der Waals surface area contributed by atoms with E-state index in [9.17, 15) is 18.3 Å². The maximum absolute atomic E-state index is 13.3. The van der Waals surface area contributed by atoms with Crippen molar-refractivity contribution < 1.29 is 23.1 Å². The third-order valence-electron chi connectivity index (χ3n) is 6.06. The third kappa shape index (κ3) is 3.76. The molecule has 166 valence electrons. The smallest absolute Gasteiger partial charge is 0.264 e. The van der Waals surface area contributed by atoms with Crippen LogP contribution in [0.3, 0.4) is 0 Å². The number of aliphatic hydroxyl groups is 1. The molecule has 0 radical (unpaired) electrons. The zero-order valence-electron chi connectivity index (χ0n) is 17.9. The maximum Gasteiger partial charge on any atom is 0.264 e. The molecule has 2 aliphatic heterocycles. The molecule has 9 heteroatoms. The maximum atomic E-state index is 13.3. The molecule has 0 saturated carbocycles. The molecule has 1 aromatic heterocycles. The van der Waals surface area contributed by atoms with Crippen LogP contribution in [-0.4, -0.2) is 54.6 Å². The molecule has 8 nitrogen and oxygen atoms in total. The number of fused-ring (bicyclic) bond motifs is 1. The molecule has 4 rings (SSSR count). The zero-order valence-corrected chi connectivity index (χ0v) is 18.7. The van der Waals surface area contributed by atoms with Gasteiger partial charge in [-0.15, -0.1) is 0 Å². The van der Waals surface area contributed by atoms with E-state index in [0.717, 1.165) is 12.8 Å². The van der Waals surface area contributed by atoms with Gasteiger partial charge in [0.2, 0.25) is 5.91 Å². The van der Waals surface area contributed by atoms with E-state index in [1.54, 1.807) is 36.9 Å². The standard InChI is InChI=1S/C22H27N3O5S/c1-22(2)21(27)20(25-13-5-4-6-19(25)26)17-14-16(7-8-18(17)30-22)31(28,29)24(3)15-9-11-23-12-10-15/h7-12,14,20-21,27H,4-6,13H2,1-3H3/t20-,21+/m0/s1. The van der Waals surface area contributed by atoms with Crippen molar-refractivity contribution in [3.05, 3.63) is 48.3 Å². The molecule has 2 aromatic rings. The van der Waals surface area contributed by atoms with Crippen molar-refractivity contribution in [2.24, 2.45) is 0 Å². The Hall–Kier alpha value is -2.65. The van der Waals surface area contributed by atoms with Gasteiger partial charge in [0.05, 0.1) is 16.6 Å². The number of anilines is 1. The van der Waals surface area contributed by atoms with E-state index in [4.69, 9.17) is 4.74 Å². The fourth-order valence-corrected chi connectivity index (χ4v) is 5.45. The van der Waals surface area contributed by atoms with Crippen molar-refractivity contribution in [2.45, 2.75) is 55.8 Å². The van der Waals surface area contributed by atoms with Crippen molar-refractivity contribution >= 4 is 21.6 Å². The Balaban J connectivity index is 1.79. The van der Waals surface area contributed by atoms with E-state index in [2.05, 4.69) is 4.98 Å². The second-order valence-corrected chi connectivity index (χ2v) is 10.5. The number of nitrogens with zero attached hydrogens (tertiary/aromatic N) is 3. The van der Waals surface area contributed by atoms with Crippen molar-refractivity contribution in [2.75, 3.05) is 17.9 Å². The summed E-state index contributed by atoms with van der Waals surface area (Å²) in [6, 6.07) is 7.17. The van der Waals surface area contributed by atoms with E-state index >= 15 is 0 Å². The highest BCUT2D eigenvalue weighted by Gasteiger charge is 2.47. The van der Waals surface area contributed by atoms with Crippen molar-refractivity contribution in [1.82, 2.24) is 9.88 Å². The molecule has 1 fully saturated rings. The van der Waals surface area contributed by atoms with Gasteiger partial charge >= 0.3 is 0 Å². The van der Waals surface area contributed by atoms with Crippen molar-refractivity contribution in [3.8, 4) is 5.75 Å². The molecule has 0 unspecified atom stereocenters. The molecular weight excluding hydrogens is 418 g/mol. The first-order chi connectivity index (χ1) is 14.6. The number of aromatic nitrogens is 1. The summed E-state index contributed by atoms with van der Waals surface area (Å²) in [5, 5.41) is 11.1. The Kier molecular flexibility index (Phi) is 5.43. The highest BCUT2D eigenvalue weighted by atomic mass is 32.2. The lowest BCUT2D eigenvalue weighted by Gasteiger charge is -2.47. The van der Waals surface area contributed by atoms with Crippen molar-refractivity contribution in [1.29, 1.82) is 0 Å². The van der Waals surface area contributed by atoms with Crippen LogP contribution < -0.4 is 9.04 Å². The minimum absolute atomic E-state index is 0.0406. The number of carbonyl (C=O) groups excluding carboxylic acids is 1. The SMILES string of the molecule is CN(c1ccncc1)S(=O)(=O)c1ccc2c(c1)[C@H](N1CCCCC1=O)[C@@H](O)C(C)(C)O2. The number of likely N-dealkylation sites (tertiary alicyclic amines) is 1. The predicted octanol–water partition coefficient (Wildman–Crippen LogP) is 2.49. The van der Waals surface area contributed by atoms with Gasteiger partial charge in [-0.3, -0.25) is 14.1 Å². The molecule has 1 N–H and O–H groups in total. The van der Waals surface area contributed by atoms with Gasteiger partial charge in [0.1, 0.15) is 17.5 Å². The first-order valence-corrected chi connectivity index (χ1v) is 11.8. The average Bonchev–Trinajstić information content (AvgIpc) is 2.75. The molecule has 2 aliphatic rings. The fraction of sp³-hybridized carbons (Fsp3) is 0.455. The van der Waals surface area contributed by atoms with Gasteiger partial charge < -0.3 is 14.7 Å². The molecule has 2 atom stereocenters. The van der Waals surface area contributed by atoms with Crippen LogP contribution in [0.5, 0.6) is 5.75 Å². The Labute approximate surface area is 182 Å². The lowest BCUT2D eigenvalue weighted by Crippen LogP contribution is -2.55. The molecule has 3 heterocycles. The Morgan fingerprint density at radius 2 is 1.90 bits per heavy atom. The second kappa shape index (κ2) is 7.80. The summed E-state index contributed by atoms with van der Waals surface area (Å²) in [4.78, 5) is 18.3. The van der Waals surface area contributed by atoms with Gasteiger partial charge in [-0.1, -0.05) is 0 Å². The van der Waals surface area contributed by atoms with Crippen molar-refractivity contribution in [3.63, 3.8) is 0 Å². The van der Waals surface area contributed by atoms with Crippen LogP contribution in [-0.2, 0) is 14.8 Å². The number of aliphatic hydroxyl groups excluding tert-OH is 1. The van der Waals surface area contributed by atoms with Gasteiger partial charge in [0.15, 0.2) is 0 Å². The summed E-state index contributed by atoms with van der Waals surface area (Å²) in [7, 11) is -2.40. The van der Waals surface area contributed by atoms with E-state index in [1.807, 2.05) is 0 Å². The number of ether oxygens (including phenoxy) is 1. The lowest BCUT2D eigenvalue weighted by atomic mass is 9.84. The van der Waals surface area contributed by atoms with Crippen LogP contribution in [0.25, 0.3) is 0 Å². The lowest BCUT2D eigenvalue weighted by molar-refractivity contribution is -0.147. The average molecular weight is 446 g/mol. The topological polar surface area (TPSA) is 100 Å². The first-order valence-electron chi connectivity index (χ1n) is 10.3. The zero-order chi connectivity index (χ0) is 22.4. The summed E-state index contributed by atoms with van der Waals surface area (Å²) in [5.41, 5.74) is 0.0584. The molecule has 1 aromatic carbocycles. The Bertz CT molecular complexity index is 1090. The number of rotatable bonds is 4. The molecule has 0 aliphatic carbocycles. The van der Waals surface area contributed by atoms with Gasteiger partial charge in [0, 0.05) is 38.0 Å². The fourth-order valence-electron chi connectivity index (χ4n) is 4.22. The number of pyridine rings is 1. The highest BCUT2D eigenvalue weighted by Crippen LogP contribution is 2.45. The molecule has 0 bridgehead atoms. The minimum atomic E-state index is -3.87. The highest BCUT2D eigenvalue weighted by molar-refractivity contribution is 7.92. The number of benzene rings is 1. The summed E-state index contributed by atoms with van der Waals surface area (Å²) in [6.07, 6.45) is 4.13. The second-order valence-electron chi connectivity index (χ2n) is 8.52. The number of hydrogen-bond acceptors (Lipinski definition) is 6. The molecule has 31 heavy (non-hydrogen) atoms. The van der Waals surface area contributed by atoms with E-state index in [-0.39, 0.29) is 10.8 Å². The summed E-state index contributed by atoms with van der Waals surface area (Å²) >= 11 is 0. The molecule has 1 saturated heterocycles. The summed E-state index contributed by atoms with van der Waals surface area (Å²) in [5.74, 6) is 0.435. The number of hydrogen-bond donors (Lipinski definition) is 1. The number of amides is 1. The Morgan fingerprint density at radius 1 is 1.19 bits per heavy atom.